The smallest absolute Gasteiger partial charge is 0.287 e. The third-order valence-corrected chi connectivity index (χ3v) is 3.93. The Kier molecular flexibility index (Phi) is 5.05. The molecule has 0 bridgehead atoms. The first-order chi connectivity index (χ1) is 9.49. The Morgan fingerprint density at radius 2 is 2.00 bits per heavy atom. The molecule has 0 saturated carbocycles. The molecule has 112 valence electrons. The highest BCUT2D eigenvalue weighted by molar-refractivity contribution is 6.32. The Bertz CT molecular complexity index is 508. The van der Waals surface area contributed by atoms with Crippen molar-refractivity contribution in [2.45, 2.75) is 45.7 Å². The summed E-state index contributed by atoms with van der Waals surface area (Å²) in [6, 6.07) is 0.248. The Morgan fingerprint density at radius 1 is 1.35 bits per heavy atom. The van der Waals surface area contributed by atoms with Crippen molar-refractivity contribution in [1.82, 2.24) is 14.7 Å². The molecule has 2 rings (SSSR count). The third-order valence-electron chi connectivity index (χ3n) is 3.57. The molecule has 1 fully saturated rings. The Hall–Kier alpha value is -1.07. The van der Waals surface area contributed by atoms with Crippen molar-refractivity contribution in [2.75, 3.05) is 25.0 Å². The lowest BCUT2D eigenvalue weighted by atomic mass is 10.3. The molecule has 1 saturated heterocycles. The van der Waals surface area contributed by atoms with Gasteiger partial charge in [-0.15, -0.1) is 0 Å². The van der Waals surface area contributed by atoms with E-state index in [1.165, 1.54) is 17.5 Å². The number of halogens is 1. The number of rotatable bonds is 5. The molecule has 2 heterocycles. The average molecular weight is 299 g/mol. The molecule has 1 N–H and O–H groups in total. The summed E-state index contributed by atoms with van der Waals surface area (Å²) in [6.45, 7) is 9.20. The van der Waals surface area contributed by atoms with Crippen molar-refractivity contribution in [3.8, 4) is 0 Å². The molecule has 1 unspecified atom stereocenters. The van der Waals surface area contributed by atoms with Gasteiger partial charge in [0.2, 0.25) is 0 Å². The Balaban J connectivity index is 2.05. The van der Waals surface area contributed by atoms with Gasteiger partial charge >= 0.3 is 0 Å². The highest BCUT2D eigenvalue weighted by Gasteiger charge is 2.17. The molecule has 0 aromatic carbocycles. The van der Waals surface area contributed by atoms with Crippen molar-refractivity contribution in [3.63, 3.8) is 0 Å². The van der Waals surface area contributed by atoms with Crippen molar-refractivity contribution in [3.05, 3.63) is 21.6 Å². The van der Waals surface area contributed by atoms with Crippen LogP contribution in [0.1, 0.15) is 39.7 Å². The average Bonchev–Trinajstić information content (AvgIpc) is 2.87. The van der Waals surface area contributed by atoms with Crippen molar-refractivity contribution < 1.29 is 0 Å². The molecule has 0 amide bonds. The summed E-state index contributed by atoms with van der Waals surface area (Å²) in [5.74, 6) is 0. The minimum absolute atomic E-state index is 0.0103. The molecule has 1 aromatic heterocycles. The fourth-order valence-electron chi connectivity index (χ4n) is 2.58. The van der Waals surface area contributed by atoms with Crippen LogP contribution in [0.3, 0.4) is 0 Å². The minimum atomic E-state index is -0.236. The van der Waals surface area contributed by atoms with Crippen LogP contribution in [0.15, 0.2) is 11.0 Å². The second-order valence-corrected chi connectivity index (χ2v) is 6.15. The van der Waals surface area contributed by atoms with Crippen LogP contribution in [0.2, 0.25) is 5.02 Å². The van der Waals surface area contributed by atoms with Gasteiger partial charge in [0.25, 0.3) is 5.56 Å². The summed E-state index contributed by atoms with van der Waals surface area (Å²) in [5, 5.41) is 7.69. The zero-order chi connectivity index (χ0) is 14.7. The third kappa shape index (κ3) is 3.52. The standard InChI is InChI=1S/C14H23ClN4O/c1-10(2)19-14(20)13(15)12(8-16-19)17-11(3)9-18-6-4-5-7-18/h8,10-11,17H,4-7,9H2,1-3H3. The van der Waals surface area contributed by atoms with Gasteiger partial charge in [0.05, 0.1) is 17.9 Å². The lowest BCUT2D eigenvalue weighted by molar-refractivity contribution is 0.328. The van der Waals surface area contributed by atoms with Gasteiger partial charge in [-0.1, -0.05) is 11.6 Å². The summed E-state index contributed by atoms with van der Waals surface area (Å²) >= 11 is 6.15. The molecule has 1 aliphatic heterocycles. The van der Waals surface area contributed by atoms with E-state index in [9.17, 15) is 4.79 Å². The molecule has 1 aromatic rings. The molecule has 1 aliphatic rings. The zero-order valence-corrected chi connectivity index (χ0v) is 13.2. The summed E-state index contributed by atoms with van der Waals surface area (Å²) < 4.78 is 1.40. The van der Waals surface area contributed by atoms with Crippen LogP contribution >= 0.6 is 11.6 Å². The predicted octanol–water partition coefficient (Wildman–Crippen LogP) is 2.37. The van der Waals surface area contributed by atoms with Gasteiger partial charge in [-0.3, -0.25) is 4.79 Å². The van der Waals surface area contributed by atoms with E-state index in [0.29, 0.717) is 5.69 Å². The van der Waals surface area contributed by atoms with E-state index in [1.54, 1.807) is 6.20 Å². The van der Waals surface area contributed by atoms with Crippen molar-refractivity contribution in [1.29, 1.82) is 0 Å². The molecule has 1 atom stereocenters. The van der Waals surface area contributed by atoms with Crippen LogP contribution in [-0.4, -0.2) is 40.4 Å². The van der Waals surface area contributed by atoms with Crippen molar-refractivity contribution >= 4 is 17.3 Å². The number of hydrogen-bond acceptors (Lipinski definition) is 4. The first-order valence-electron chi connectivity index (χ1n) is 7.25. The first-order valence-corrected chi connectivity index (χ1v) is 7.63. The molecular weight excluding hydrogens is 276 g/mol. The van der Waals surface area contributed by atoms with Gasteiger partial charge in [0, 0.05) is 12.6 Å². The van der Waals surface area contributed by atoms with Gasteiger partial charge in [0.15, 0.2) is 0 Å². The van der Waals surface area contributed by atoms with Gasteiger partial charge in [0.1, 0.15) is 5.02 Å². The maximum absolute atomic E-state index is 12.1. The zero-order valence-electron chi connectivity index (χ0n) is 12.4. The second kappa shape index (κ2) is 6.59. The first kappa shape index (κ1) is 15.3. The summed E-state index contributed by atoms with van der Waals surface area (Å²) in [4.78, 5) is 14.5. The molecule has 0 aliphatic carbocycles. The van der Waals surface area contributed by atoms with E-state index in [1.807, 2.05) is 13.8 Å². The number of anilines is 1. The van der Waals surface area contributed by atoms with Gasteiger partial charge in [-0.2, -0.15) is 5.10 Å². The van der Waals surface area contributed by atoms with Crippen LogP contribution in [0, 0.1) is 0 Å². The fraction of sp³-hybridized carbons (Fsp3) is 0.714. The number of hydrogen-bond donors (Lipinski definition) is 1. The maximum atomic E-state index is 12.1. The van der Waals surface area contributed by atoms with Gasteiger partial charge < -0.3 is 10.2 Å². The van der Waals surface area contributed by atoms with Crippen LogP contribution in [-0.2, 0) is 0 Å². The van der Waals surface area contributed by atoms with E-state index in [-0.39, 0.29) is 22.7 Å². The van der Waals surface area contributed by atoms with E-state index in [4.69, 9.17) is 11.6 Å². The maximum Gasteiger partial charge on any atom is 0.287 e. The fourth-order valence-corrected chi connectivity index (χ4v) is 2.77. The molecular formula is C14H23ClN4O. The predicted molar refractivity (Wildman–Crippen MR) is 82.7 cm³/mol. The van der Waals surface area contributed by atoms with Crippen LogP contribution in [0.25, 0.3) is 0 Å². The molecule has 5 nitrogen and oxygen atoms in total. The molecule has 20 heavy (non-hydrogen) atoms. The lowest BCUT2D eigenvalue weighted by Gasteiger charge is -2.22. The summed E-state index contributed by atoms with van der Waals surface area (Å²) in [7, 11) is 0. The normalized spacial score (nSPS) is 17.6. The minimum Gasteiger partial charge on any atom is -0.379 e. The highest BCUT2D eigenvalue weighted by Crippen LogP contribution is 2.18. The van der Waals surface area contributed by atoms with E-state index >= 15 is 0 Å². The molecule has 0 spiro atoms. The summed E-state index contributed by atoms with van der Waals surface area (Å²) in [5.41, 5.74) is 0.389. The number of nitrogens with zero attached hydrogens (tertiary/aromatic N) is 3. The lowest BCUT2D eigenvalue weighted by Crippen LogP contribution is -2.34. The van der Waals surface area contributed by atoms with Crippen LogP contribution < -0.4 is 10.9 Å². The second-order valence-electron chi connectivity index (χ2n) is 5.77. The quantitative estimate of drug-likeness (QED) is 0.907. The number of likely N-dealkylation sites (tertiary alicyclic amines) is 1. The summed E-state index contributed by atoms with van der Waals surface area (Å²) in [6.07, 6.45) is 4.20. The largest absolute Gasteiger partial charge is 0.379 e. The topological polar surface area (TPSA) is 50.2 Å². The van der Waals surface area contributed by atoms with Crippen LogP contribution in [0.5, 0.6) is 0 Å². The molecule has 6 heteroatoms. The van der Waals surface area contributed by atoms with E-state index in [2.05, 4.69) is 22.2 Å². The number of nitrogens with one attached hydrogen (secondary N) is 1. The van der Waals surface area contributed by atoms with Crippen molar-refractivity contribution in [2.24, 2.45) is 0 Å². The highest BCUT2D eigenvalue weighted by atomic mass is 35.5. The van der Waals surface area contributed by atoms with Gasteiger partial charge in [-0.05, 0) is 46.7 Å². The van der Waals surface area contributed by atoms with E-state index < -0.39 is 0 Å². The van der Waals surface area contributed by atoms with Crippen LogP contribution in [0.4, 0.5) is 5.69 Å². The van der Waals surface area contributed by atoms with Gasteiger partial charge in [-0.25, -0.2) is 4.68 Å². The number of aromatic nitrogens is 2. The Morgan fingerprint density at radius 3 is 2.60 bits per heavy atom. The van der Waals surface area contributed by atoms with E-state index in [0.717, 1.165) is 19.6 Å². The monoisotopic (exact) mass is 298 g/mol. The molecule has 0 radical (unpaired) electrons. The Labute approximate surface area is 124 Å². The SMILES string of the molecule is CC(CN1CCCC1)Nc1cnn(C(C)C)c(=O)c1Cl.